The molecule has 0 unspecified atom stereocenters. The Bertz CT molecular complexity index is 1170. The first-order valence-electron chi connectivity index (χ1n) is 11.1. The fourth-order valence-corrected chi connectivity index (χ4v) is 4.28. The minimum absolute atomic E-state index is 0. The van der Waals surface area contributed by atoms with E-state index in [1.165, 1.54) is 0 Å². The number of rotatable bonds is 9. The molecule has 1 fully saturated rings. The maximum absolute atomic E-state index is 12.9. The number of carboxylic acids is 1. The fraction of sp³-hybridized carbons (Fsp3) is 0.222. The summed E-state index contributed by atoms with van der Waals surface area (Å²) in [6, 6.07) is 24.6. The Kier molecular flexibility index (Phi) is 9.72. The molecule has 2 atom stereocenters. The van der Waals surface area contributed by atoms with E-state index in [9.17, 15) is 14.7 Å². The van der Waals surface area contributed by atoms with Crippen molar-refractivity contribution >= 4 is 17.7 Å². The van der Waals surface area contributed by atoms with Crippen LogP contribution >= 0.6 is 0 Å². The Hall–Kier alpha value is -4.21. The molecule has 1 amide bonds. The third-order valence-electron chi connectivity index (χ3n) is 6.07. The number of nitrogens with two attached hydrogens (primary N) is 1. The van der Waals surface area contributed by atoms with Crippen LogP contribution in [0.4, 0.5) is 0 Å². The van der Waals surface area contributed by atoms with Crippen LogP contribution in [0, 0.1) is 11.3 Å². The van der Waals surface area contributed by atoms with Crippen molar-refractivity contribution in [2.45, 2.75) is 25.4 Å². The summed E-state index contributed by atoms with van der Waals surface area (Å²) in [4.78, 5) is 25.9. The lowest BCUT2D eigenvalue weighted by atomic mass is 10.0. The Morgan fingerprint density at radius 1 is 0.972 bits per heavy atom. The highest BCUT2D eigenvalue weighted by Gasteiger charge is 2.40. The van der Waals surface area contributed by atoms with Crippen molar-refractivity contribution in [1.29, 1.82) is 5.41 Å². The molecule has 0 bridgehead atoms. The average Bonchev–Trinajstić information content (AvgIpc) is 3.12. The highest BCUT2D eigenvalue weighted by Crippen LogP contribution is 2.30. The number of nitrogens with zero attached hydrogens (tertiary/aromatic N) is 1. The molecular weight excluding hydrogens is 462 g/mol. The van der Waals surface area contributed by atoms with Gasteiger partial charge in [-0.15, -0.1) is 0 Å². The van der Waals surface area contributed by atoms with Gasteiger partial charge in [-0.05, 0) is 35.2 Å². The molecule has 0 aliphatic carbocycles. The lowest BCUT2D eigenvalue weighted by Gasteiger charge is -2.25. The normalized spacial score (nSPS) is 16.6. The van der Waals surface area contributed by atoms with Crippen LogP contribution in [0.2, 0.25) is 0 Å². The van der Waals surface area contributed by atoms with Crippen LogP contribution in [-0.4, -0.2) is 51.3 Å². The molecule has 1 heterocycles. The van der Waals surface area contributed by atoms with Crippen molar-refractivity contribution in [3.8, 4) is 16.9 Å². The van der Waals surface area contributed by atoms with Crippen LogP contribution in [0.5, 0.6) is 5.75 Å². The summed E-state index contributed by atoms with van der Waals surface area (Å²) in [7, 11) is 0. The monoisotopic (exact) mass is 493 g/mol. The summed E-state index contributed by atoms with van der Waals surface area (Å²) < 4.78 is 6.01. The van der Waals surface area contributed by atoms with Gasteiger partial charge in [-0.25, -0.2) is 0 Å². The third kappa shape index (κ3) is 6.68. The van der Waals surface area contributed by atoms with Gasteiger partial charge in [-0.3, -0.25) is 15.0 Å². The number of benzene rings is 3. The van der Waals surface area contributed by atoms with E-state index < -0.39 is 11.9 Å². The lowest BCUT2D eigenvalue weighted by Crippen LogP contribution is -2.37. The van der Waals surface area contributed by atoms with E-state index in [4.69, 9.17) is 15.9 Å². The Balaban J connectivity index is 0.00000228. The number of nitrogen functional groups attached to an aromatic ring is 1. The lowest BCUT2D eigenvalue weighted by molar-refractivity contribution is -0.142. The number of ether oxygens (including phenoxy) is 1. The smallest absolute Gasteiger partial charge is 0.304 e. The van der Waals surface area contributed by atoms with Gasteiger partial charge in [0.15, 0.2) is 0 Å². The van der Waals surface area contributed by atoms with E-state index in [2.05, 4.69) is 0 Å². The first kappa shape index (κ1) is 28.0. The predicted octanol–water partition coefficient (Wildman–Crippen LogP) is 2.26. The van der Waals surface area contributed by atoms with E-state index in [1.54, 1.807) is 4.90 Å². The van der Waals surface area contributed by atoms with Crippen molar-refractivity contribution < 1.29 is 30.4 Å². The number of carbonyl (C=O) groups excluding carboxylic acids is 1. The molecule has 9 nitrogen and oxygen atoms in total. The first-order chi connectivity index (χ1) is 16.4. The molecular formula is C27H31N3O6. The summed E-state index contributed by atoms with van der Waals surface area (Å²) in [5, 5.41) is 16.7. The summed E-state index contributed by atoms with van der Waals surface area (Å²) in [5.41, 5.74) is 9.20. The fourth-order valence-electron chi connectivity index (χ4n) is 4.28. The van der Waals surface area contributed by atoms with E-state index >= 15 is 0 Å². The van der Waals surface area contributed by atoms with E-state index in [1.807, 2.05) is 78.9 Å². The number of hydrogen-bond donors (Lipinski definition) is 3. The topological polar surface area (TPSA) is 180 Å². The van der Waals surface area contributed by atoms with Crippen LogP contribution in [-0.2, 0) is 16.1 Å². The number of carbonyl (C=O) groups is 2. The number of aliphatic carboxylic acids is 1. The zero-order valence-corrected chi connectivity index (χ0v) is 19.7. The van der Waals surface area contributed by atoms with Crippen molar-refractivity contribution in [3.05, 3.63) is 90.0 Å². The molecule has 9 heteroatoms. The molecule has 1 aliphatic heterocycles. The average molecular weight is 494 g/mol. The largest absolute Gasteiger partial charge is 0.491 e. The molecule has 1 saturated heterocycles. The highest BCUT2D eigenvalue weighted by atomic mass is 16.5. The molecule has 36 heavy (non-hydrogen) atoms. The van der Waals surface area contributed by atoms with Gasteiger partial charge in [0.1, 0.15) is 18.2 Å². The zero-order valence-electron chi connectivity index (χ0n) is 19.7. The molecule has 3 aromatic carbocycles. The second kappa shape index (κ2) is 12.5. The number of amidine groups is 1. The summed E-state index contributed by atoms with van der Waals surface area (Å²) in [6.07, 6.45) is 0.288. The van der Waals surface area contributed by atoms with Gasteiger partial charge < -0.3 is 31.4 Å². The Morgan fingerprint density at radius 3 is 2.11 bits per heavy atom. The first-order valence-corrected chi connectivity index (χ1v) is 11.1. The predicted molar refractivity (Wildman–Crippen MR) is 137 cm³/mol. The minimum atomic E-state index is -0.966. The molecule has 8 N–H and O–H groups in total. The Labute approximate surface area is 209 Å². The molecule has 3 aromatic rings. The molecule has 0 saturated carbocycles. The van der Waals surface area contributed by atoms with Gasteiger partial charge in [0, 0.05) is 12.1 Å². The van der Waals surface area contributed by atoms with Crippen molar-refractivity contribution in [1.82, 2.24) is 4.90 Å². The Morgan fingerprint density at radius 2 is 1.56 bits per heavy atom. The zero-order chi connectivity index (χ0) is 24.1. The molecule has 0 spiro atoms. The number of nitrogens with one attached hydrogen (secondary N) is 1. The van der Waals surface area contributed by atoms with Gasteiger partial charge in [0.2, 0.25) is 5.91 Å². The second-order valence-corrected chi connectivity index (χ2v) is 8.46. The summed E-state index contributed by atoms with van der Waals surface area (Å²) >= 11 is 0. The maximum atomic E-state index is 12.9. The highest BCUT2D eigenvalue weighted by molar-refractivity contribution is 5.95. The molecule has 1 aliphatic rings. The molecule has 0 aromatic heterocycles. The van der Waals surface area contributed by atoms with Crippen molar-refractivity contribution in [2.75, 3.05) is 6.61 Å². The SMILES string of the molecule is N=C(N)c1ccc(-c2ccc(OC[C@@H]3C[C@@H](CC(=O)O)C(=O)N3Cc3ccccc3)cc2)cc1.O.O. The van der Waals surface area contributed by atoms with E-state index in [0.29, 0.717) is 30.9 Å². The van der Waals surface area contributed by atoms with Gasteiger partial charge in [-0.2, -0.15) is 0 Å². The van der Waals surface area contributed by atoms with Crippen LogP contribution in [0.3, 0.4) is 0 Å². The van der Waals surface area contributed by atoms with Crippen molar-refractivity contribution in [3.63, 3.8) is 0 Å². The van der Waals surface area contributed by atoms with Crippen LogP contribution in [0.1, 0.15) is 24.0 Å². The van der Waals surface area contributed by atoms with Crippen LogP contribution in [0.15, 0.2) is 78.9 Å². The maximum Gasteiger partial charge on any atom is 0.304 e. The number of hydrogen-bond acceptors (Lipinski definition) is 4. The quantitative estimate of drug-likeness (QED) is 0.305. The number of carboxylic acid groups (broad SMARTS) is 1. The summed E-state index contributed by atoms with van der Waals surface area (Å²) in [5.74, 6) is -0.920. The number of likely N-dealkylation sites (tertiary alicyclic amines) is 1. The number of amides is 1. The third-order valence-corrected chi connectivity index (χ3v) is 6.07. The molecule has 4 rings (SSSR count). The van der Waals surface area contributed by atoms with Gasteiger partial charge in [0.25, 0.3) is 0 Å². The van der Waals surface area contributed by atoms with Crippen molar-refractivity contribution in [2.24, 2.45) is 11.7 Å². The van der Waals surface area contributed by atoms with Crippen LogP contribution < -0.4 is 10.5 Å². The van der Waals surface area contributed by atoms with Gasteiger partial charge >= 0.3 is 5.97 Å². The van der Waals surface area contributed by atoms with E-state index in [0.717, 1.165) is 16.7 Å². The second-order valence-electron chi connectivity index (χ2n) is 8.46. The van der Waals surface area contributed by atoms with Crippen LogP contribution in [0.25, 0.3) is 11.1 Å². The molecule has 190 valence electrons. The molecule has 0 radical (unpaired) electrons. The van der Waals surface area contributed by atoms with Gasteiger partial charge in [0.05, 0.1) is 18.4 Å². The van der Waals surface area contributed by atoms with E-state index in [-0.39, 0.29) is 35.2 Å². The summed E-state index contributed by atoms with van der Waals surface area (Å²) in [6.45, 7) is 0.723. The standard InChI is InChI=1S/C27H27N3O4.2H2O/c28-26(29)21-8-6-19(7-9-21)20-10-12-24(13-11-20)34-17-23-14-22(15-25(31)32)27(33)30(23)16-18-4-2-1-3-5-18;;/h1-13,22-23H,14-17H2,(H3,28,29)(H,31,32);2*1H2/t22-,23-;;/m0../s1. The minimum Gasteiger partial charge on any atom is -0.491 e. The van der Waals surface area contributed by atoms with Gasteiger partial charge in [-0.1, -0.05) is 66.7 Å².